The average Bonchev–Trinajstić information content (AvgIpc) is 3.49. The van der Waals surface area contributed by atoms with Gasteiger partial charge in [0, 0.05) is 23.6 Å². The molecular weight excluding hydrogens is 474 g/mol. The summed E-state index contributed by atoms with van der Waals surface area (Å²) in [5, 5.41) is 0. The lowest BCUT2D eigenvalue weighted by Gasteiger charge is -2.31. The number of nitrogens with one attached hydrogen (secondary N) is 1. The van der Waals surface area contributed by atoms with E-state index in [1.807, 2.05) is 0 Å². The highest BCUT2D eigenvalue weighted by Gasteiger charge is 2.61. The van der Waals surface area contributed by atoms with Crippen molar-refractivity contribution in [1.82, 2.24) is 9.62 Å². The summed E-state index contributed by atoms with van der Waals surface area (Å²) in [6, 6.07) is 9.40. The average molecular weight is 507 g/mol. The second-order valence-electron chi connectivity index (χ2n) is 10.5. The highest BCUT2D eigenvalue weighted by atomic mass is 32.2. The highest BCUT2D eigenvalue weighted by Crippen LogP contribution is 2.55. The molecule has 0 unspecified atom stereocenters. The zero-order valence-electron chi connectivity index (χ0n) is 20.5. The first-order valence-electron chi connectivity index (χ1n) is 11.9. The van der Waals surface area contributed by atoms with E-state index in [1.165, 1.54) is 18.2 Å². The third kappa shape index (κ3) is 5.51. The fourth-order valence-electron chi connectivity index (χ4n) is 4.84. The minimum absolute atomic E-state index is 0.0902. The molecule has 0 bridgehead atoms. The lowest BCUT2D eigenvalue weighted by atomic mass is 9.91. The Morgan fingerprint density at radius 3 is 2.46 bits per heavy atom. The number of hydrogen-bond donors (Lipinski definition) is 1. The first-order valence-corrected chi connectivity index (χ1v) is 13.5. The molecule has 2 atom stereocenters. The number of amides is 1. The first kappa shape index (κ1) is 25.6. The van der Waals surface area contributed by atoms with E-state index in [2.05, 4.69) is 4.72 Å². The molecule has 2 aromatic rings. The zero-order chi connectivity index (χ0) is 25.6. The van der Waals surface area contributed by atoms with Gasteiger partial charge in [-0.3, -0.25) is 0 Å². The molecule has 1 spiro atoms. The number of sulfonamides is 1. The standard InChI is InChI=1S/C26H32F2N2O4S/c1-5-35(32,33)29-23-21(30(16-26(23)12-13-26)24(31)34-25(2,3)4)15-18-9-7-11-20(22(18)28)17-8-6-10-19(27)14-17/h6-11,14,21,23,29H,5,12-13,15-16H2,1-4H3/t21-,23+/m0/s1. The van der Waals surface area contributed by atoms with E-state index in [0.717, 1.165) is 12.8 Å². The molecule has 1 amide bonds. The summed E-state index contributed by atoms with van der Waals surface area (Å²) in [7, 11) is -3.57. The predicted molar refractivity (Wildman–Crippen MR) is 130 cm³/mol. The molecule has 0 radical (unpaired) electrons. The van der Waals surface area contributed by atoms with Gasteiger partial charge >= 0.3 is 6.09 Å². The number of likely N-dealkylation sites (tertiary alicyclic amines) is 1. The minimum atomic E-state index is -3.57. The lowest BCUT2D eigenvalue weighted by Crippen LogP contribution is -2.50. The Balaban J connectivity index is 1.72. The second kappa shape index (κ2) is 9.17. The Morgan fingerprint density at radius 2 is 1.86 bits per heavy atom. The van der Waals surface area contributed by atoms with Crippen LogP contribution >= 0.6 is 0 Å². The Hall–Kier alpha value is -2.52. The maximum atomic E-state index is 15.7. The minimum Gasteiger partial charge on any atom is -0.444 e. The molecule has 1 saturated carbocycles. The fourth-order valence-corrected chi connectivity index (χ4v) is 5.80. The number of nitrogens with zero attached hydrogens (tertiary/aromatic N) is 1. The van der Waals surface area contributed by atoms with Crippen molar-refractivity contribution in [3.63, 3.8) is 0 Å². The van der Waals surface area contributed by atoms with Crippen molar-refractivity contribution < 1.29 is 26.7 Å². The van der Waals surface area contributed by atoms with E-state index in [0.29, 0.717) is 17.7 Å². The van der Waals surface area contributed by atoms with Crippen molar-refractivity contribution in [1.29, 1.82) is 0 Å². The van der Waals surface area contributed by atoms with Crippen molar-refractivity contribution in [2.24, 2.45) is 5.41 Å². The number of ether oxygens (including phenoxy) is 1. The first-order chi connectivity index (χ1) is 16.3. The molecule has 4 rings (SSSR count). The van der Waals surface area contributed by atoms with Gasteiger partial charge in [0.2, 0.25) is 10.0 Å². The summed E-state index contributed by atoms with van der Waals surface area (Å²) in [5.74, 6) is -1.08. The number of carbonyl (C=O) groups excluding carboxylic acids is 1. The third-order valence-corrected chi connectivity index (χ3v) is 8.15. The van der Waals surface area contributed by atoms with Crippen LogP contribution in [-0.4, -0.2) is 49.4 Å². The molecule has 2 aromatic carbocycles. The number of benzene rings is 2. The van der Waals surface area contributed by atoms with Crippen LogP contribution in [0.3, 0.4) is 0 Å². The van der Waals surface area contributed by atoms with Gasteiger partial charge in [-0.1, -0.05) is 30.3 Å². The summed E-state index contributed by atoms with van der Waals surface area (Å²) in [6.07, 6.45) is 1.08. The van der Waals surface area contributed by atoms with Gasteiger partial charge in [0.15, 0.2) is 0 Å². The lowest BCUT2D eigenvalue weighted by molar-refractivity contribution is 0.0213. The molecule has 1 N–H and O–H groups in total. The molecule has 1 saturated heterocycles. The fraction of sp³-hybridized carbons (Fsp3) is 0.500. The van der Waals surface area contributed by atoms with Gasteiger partial charge in [-0.05, 0) is 70.2 Å². The SMILES string of the molecule is CCS(=O)(=O)N[C@@H]1[C@H](Cc2cccc(-c3cccc(F)c3)c2F)N(C(=O)OC(C)(C)C)CC12CC2. The molecule has 35 heavy (non-hydrogen) atoms. The van der Waals surface area contributed by atoms with Gasteiger partial charge in [-0.15, -0.1) is 0 Å². The normalized spacial score (nSPS) is 21.4. The van der Waals surface area contributed by atoms with Crippen LogP contribution in [-0.2, 0) is 21.2 Å². The molecular formula is C26H32F2N2O4S. The summed E-state index contributed by atoms with van der Waals surface area (Å²) in [6.45, 7) is 7.20. The monoisotopic (exact) mass is 506 g/mol. The quantitative estimate of drug-likeness (QED) is 0.606. The van der Waals surface area contributed by atoms with Crippen LogP contribution < -0.4 is 4.72 Å². The van der Waals surface area contributed by atoms with E-state index in [1.54, 1.807) is 56.9 Å². The molecule has 1 aliphatic heterocycles. The highest BCUT2D eigenvalue weighted by molar-refractivity contribution is 7.89. The Morgan fingerprint density at radius 1 is 1.17 bits per heavy atom. The zero-order valence-corrected chi connectivity index (χ0v) is 21.3. The second-order valence-corrected chi connectivity index (χ2v) is 12.6. The summed E-state index contributed by atoms with van der Waals surface area (Å²) < 4.78 is 63.0. The van der Waals surface area contributed by atoms with Crippen molar-refractivity contribution in [3.8, 4) is 11.1 Å². The van der Waals surface area contributed by atoms with Crippen molar-refractivity contribution >= 4 is 16.1 Å². The number of hydrogen-bond acceptors (Lipinski definition) is 4. The maximum Gasteiger partial charge on any atom is 0.410 e. The largest absolute Gasteiger partial charge is 0.444 e. The Labute approximate surface area is 205 Å². The topological polar surface area (TPSA) is 75.7 Å². The van der Waals surface area contributed by atoms with E-state index < -0.39 is 45.4 Å². The van der Waals surface area contributed by atoms with Crippen LogP contribution in [0, 0.1) is 17.0 Å². The van der Waals surface area contributed by atoms with Gasteiger partial charge in [0.05, 0.1) is 11.8 Å². The van der Waals surface area contributed by atoms with E-state index in [4.69, 9.17) is 4.74 Å². The summed E-state index contributed by atoms with van der Waals surface area (Å²) in [4.78, 5) is 14.7. The van der Waals surface area contributed by atoms with Crippen molar-refractivity contribution in [3.05, 3.63) is 59.7 Å². The van der Waals surface area contributed by atoms with Crippen LogP contribution in [0.2, 0.25) is 0 Å². The van der Waals surface area contributed by atoms with Gasteiger partial charge in [-0.25, -0.2) is 26.7 Å². The third-order valence-electron chi connectivity index (χ3n) is 6.78. The summed E-state index contributed by atoms with van der Waals surface area (Å²) >= 11 is 0. The van der Waals surface area contributed by atoms with Crippen LogP contribution in [0.5, 0.6) is 0 Å². The van der Waals surface area contributed by atoms with Gasteiger partial charge in [-0.2, -0.15) is 0 Å². The molecule has 2 fully saturated rings. The molecule has 1 aliphatic carbocycles. The summed E-state index contributed by atoms with van der Waals surface area (Å²) in [5.41, 5.74) is -0.149. The van der Waals surface area contributed by atoms with E-state index >= 15 is 4.39 Å². The van der Waals surface area contributed by atoms with Crippen LogP contribution in [0.25, 0.3) is 11.1 Å². The van der Waals surface area contributed by atoms with Crippen molar-refractivity contribution in [2.75, 3.05) is 12.3 Å². The smallest absolute Gasteiger partial charge is 0.410 e. The van der Waals surface area contributed by atoms with Gasteiger partial charge in [0.1, 0.15) is 17.2 Å². The van der Waals surface area contributed by atoms with Crippen LogP contribution in [0.1, 0.15) is 46.1 Å². The van der Waals surface area contributed by atoms with Crippen LogP contribution in [0.4, 0.5) is 13.6 Å². The molecule has 1 heterocycles. The number of rotatable bonds is 6. The number of halogens is 2. The van der Waals surface area contributed by atoms with Gasteiger partial charge < -0.3 is 9.64 Å². The van der Waals surface area contributed by atoms with E-state index in [9.17, 15) is 17.6 Å². The maximum absolute atomic E-state index is 15.7. The van der Waals surface area contributed by atoms with Crippen LogP contribution in [0.15, 0.2) is 42.5 Å². The molecule has 6 nitrogen and oxygen atoms in total. The Bertz CT molecular complexity index is 1220. The molecule has 2 aliphatic rings. The Kier molecular flexibility index (Phi) is 6.70. The van der Waals surface area contributed by atoms with Gasteiger partial charge in [0.25, 0.3) is 0 Å². The van der Waals surface area contributed by atoms with E-state index in [-0.39, 0.29) is 23.2 Å². The van der Waals surface area contributed by atoms with Crippen molar-refractivity contribution in [2.45, 2.75) is 64.6 Å². The predicted octanol–water partition coefficient (Wildman–Crippen LogP) is 4.88. The molecule has 9 heteroatoms. The molecule has 0 aromatic heterocycles. The number of carbonyl (C=O) groups is 1. The molecule has 190 valence electrons.